The molecule has 2 aromatic carbocycles. The monoisotopic (exact) mass is 361 g/mol. The molecule has 0 fully saturated rings. The largest absolute Gasteiger partial charge is 0.368 e. The summed E-state index contributed by atoms with van der Waals surface area (Å²) in [5.41, 5.74) is 8.07. The molecule has 4 rings (SSSR count). The maximum Gasteiger partial charge on any atom is 0.235 e. The van der Waals surface area contributed by atoms with E-state index in [9.17, 15) is 4.79 Å². The van der Waals surface area contributed by atoms with Gasteiger partial charge in [0.15, 0.2) is 5.65 Å². The molecule has 2 N–H and O–H groups in total. The van der Waals surface area contributed by atoms with Crippen LogP contribution in [0, 0.1) is 0 Å². The SMILES string of the molecule is NC(=O)[C@@H](Sc1ncnc2c1cnn2-c1ccccc1)c1ccccc1. The fraction of sp³-hybridized carbons (Fsp3) is 0.0526. The third kappa shape index (κ3) is 3.04. The van der Waals surface area contributed by atoms with E-state index < -0.39 is 11.2 Å². The average Bonchev–Trinajstić information content (AvgIpc) is 3.12. The number of benzene rings is 2. The lowest BCUT2D eigenvalue weighted by atomic mass is 10.1. The summed E-state index contributed by atoms with van der Waals surface area (Å²) in [4.78, 5) is 20.7. The highest BCUT2D eigenvalue weighted by molar-refractivity contribution is 8.00. The molecule has 2 heterocycles. The number of hydrogen-bond acceptors (Lipinski definition) is 5. The van der Waals surface area contributed by atoms with E-state index in [1.807, 2.05) is 60.7 Å². The van der Waals surface area contributed by atoms with Gasteiger partial charge in [-0.1, -0.05) is 60.3 Å². The Kier molecular flexibility index (Phi) is 4.37. The molecule has 0 bridgehead atoms. The number of amides is 1. The van der Waals surface area contributed by atoms with Gasteiger partial charge in [0.25, 0.3) is 0 Å². The minimum Gasteiger partial charge on any atom is -0.368 e. The fourth-order valence-electron chi connectivity index (χ4n) is 2.70. The fourth-order valence-corrected chi connectivity index (χ4v) is 3.72. The van der Waals surface area contributed by atoms with Crippen molar-refractivity contribution in [3.8, 4) is 5.69 Å². The van der Waals surface area contributed by atoms with Crippen LogP contribution in [0.15, 0.2) is 78.2 Å². The van der Waals surface area contributed by atoms with Crippen molar-refractivity contribution >= 4 is 28.7 Å². The summed E-state index contributed by atoms with van der Waals surface area (Å²) in [6.07, 6.45) is 3.20. The third-order valence-electron chi connectivity index (χ3n) is 3.92. The topological polar surface area (TPSA) is 86.7 Å². The molecule has 128 valence electrons. The molecule has 0 saturated heterocycles. The van der Waals surface area contributed by atoms with Gasteiger partial charge < -0.3 is 5.73 Å². The van der Waals surface area contributed by atoms with E-state index in [0.717, 1.165) is 16.6 Å². The van der Waals surface area contributed by atoms with Crippen molar-refractivity contribution in [2.45, 2.75) is 10.3 Å². The highest BCUT2D eigenvalue weighted by Crippen LogP contribution is 2.37. The van der Waals surface area contributed by atoms with Crippen LogP contribution >= 0.6 is 11.8 Å². The molecular formula is C19H15N5OS. The molecule has 0 unspecified atom stereocenters. The number of primary amides is 1. The number of thioether (sulfide) groups is 1. The van der Waals surface area contributed by atoms with Crippen molar-refractivity contribution < 1.29 is 4.79 Å². The zero-order valence-electron chi connectivity index (χ0n) is 13.7. The molecule has 0 spiro atoms. The zero-order chi connectivity index (χ0) is 17.9. The second-order valence-corrected chi connectivity index (χ2v) is 6.71. The standard InChI is InChI=1S/C19H15N5OS/c20-17(25)16(13-7-3-1-4-8-13)26-19-15-11-23-24(18(15)21-12-22-19)14-9-5-2-6-10-14/h1-12,16H,(H2,20,25)/t16-/m0/s1. The van der Waals surface area contributed by atoms with E-state index in [0.29, 0.717) is 10.7 Å². The van der Waals surface area contributed by atoms with Gasteiger partial charge in [0.2, 0.25) is 5.91 Å². The number of rotatable bonds is 5. The number of carbonyl (C=O) groups is 1. The molecule has 4 aromatic rings. The molecule has 1 amide bonds. The third-order valence-corrected chi connectivity index (χ3v) is 5.21. The van der Waals surface area contributed by atoms with Gasteiger partial charge >= 0.3 is 0 Å². The first-order chi connectivity index (χ1) is 12.7. The predicted octanol–water partition coefficient (Wildman–Crippen LogP) is 3.13. The molecule has 0 aliphatic carbocycles. The maximum absolute atomic E-state index is 12.0. The molecule has 2 aromatic heterocycles. The number of nitrogens with two attached hydrogens (primary N) is 1. The van der Waals surface area contributed by atoms with Crippen LogP contribution in [0.1, 0.15) is 10.8 Å². The number of carbonyl (C=O) groups excluding carboxylic acids is 1. The van der Waals surface area contributed by atoms with E-state index in [1.54, 1.807) is 10.9 Å². The van der Waals surface area contributed by atoms with Gasteiger partial charge in [0, 0.05) is 0 Å². The summed E-state index contributed by atoms with van der Waals surface area (Å²) < 4.78 is 1.75. The quantitative estimate of drug-likeness (QED) is 0.436. The lowest BCUT2D eigenvalue weighted by Crippen LogP contribution is -2.19. The van der Waals surface area contributed by atoms with Gasteiger partial charge in [-0.3, -0.25) is 4.79 Å². The Morgan fingerprint density at radius 2 is 1.69 bits per heavy atom. The Balaban J connectivity index is 1.75. The summed E-state index contributed by atoms with van der Waals surface area (Å²) in [5, 5.41) is 5.35. The van der Waals surface area contributed by atoms with Crippen LogP contribution in [-0.4, -0.2) is 25.7 Å². The van der Waals surface area contributed by atoms with Crippen molar-refractivity contribution in [3.63, 3.8) is 0 Å². The zero-order valence-corrected chi connectivity index (χ0v) is 14.5. The van der Waals surface area contributed by atoms with Crippen molar-refractivity contribution in [2.24, 2.45) is 5.73 Å². The summed E-state index contributed by atoms with van der Waals surface area (Å²) in [7, 11) is 0. The van der Waals surface area contributed by atoms with E-state index >= 15 is 0 Å². The molecule has 6 nitrogen and oxygen atoms in total. The van der Waals surface area contributed by atoms with Crippen LogP contribution < -0.4 is 5.73 Å². The Morgan fingerprint density at radius 3 is 2.38 bits per heavy atom. The smallest absolute Gasteiger partial charge is 0.235 e. The number of hydrogen-bond donors (Lipinski definition) is 1. The van der Waals surface area contributed by atoms with Gasteiger partial charge in [0.1, 0.15) is 16.6 Å². The van der Waals surface area contributed by atoms with Gasteiger partial charge in [-0.05, 0) is 17.7 Å². The van der Waals surface area contributed by atoms with E-state index in [-0.39, 0.29) is 0 Å². The molecule has 0 aliphatic rings. The predicted molar refractivity (Wildman–Crippen MR) is 101 cm³/mol. The Hall–Kier alpha value is -3.19. The molecule has 0 aliphatic heterocycles. The van der Waals surface area contributed by atoms with Crippen LogP contribution in [-0.2, 0) is 4.79 Å². The van der Waals surface area contributed by atoms with Gasteiger partial charge in [0.05, 0.1) is 17.3 Å². The minimum absolute atomic E-state index is 0.414. The normalized spacial score (nSPS) is 12.2. The molecule has 26 heavy (non-hydrogen) atoms. The average molecular weight is 361 g/mol. The van der Waals surface area contributed by atoms with Crippen LogP contribution in [0.5, 0.6) is 0 Å². The van der Waals surface area contributed by atoms with Crippen molar-refractivity contribution in [2.75, 3.05) is 0 Å². The molecule has 7 heteroatoms. The highest BCUT2D eigenvalue weighted by atomic mass is 32.2. The molecular weight excluding hydrogens is 346 g/mol. The number of para-hydroxylation sites is 1. The first-order valence-corrected chi connectivity index (χ1v) is 8.87. The number of aromatic nitrogens is 4. The van der Waals surface area contributed by atoms with Crippen LogP contribution in [0.4, 0.5) is 0 Å². The van der Waals surface area contributed by atoms with E-state index in [1.165, 1.54) is 18.1 Å². The Labute approximate surface area is 154 Å². The molecule has 1 atom stereocenters. The lowest BCUT2D eigenvalue weighted by molar-refractivity contribution is -0.117. The second-order valence-electron chi connectivity index (χ2n) is 5.62. The highest BCUT2D eigenvalue weighted by Gasteiger charge is 2.22. The molecule has 0 saturated carbocycles. The minimum atomic E-state index is -0.533. The maximum atomic E-state index is 12.0. The number of nitrogens with zero attached hydrogens (tertiary/aromatic N) is 4. The van der Waals surface area contributed by atoms with Crippen molar-refractivity contribution in [1.82, 2.24) is 19.7 Å². The first kappa shape index (κ1) is 16.3. The Bertz CT molecular complexity index is 1050. The number of fused-ring (bicyclic) bond motifs is 1. The lowest BCUT2D eigenvalue weighted by Gasteiger charge is -2.13. The van der Waals surface area contributed by atoms with Crippen LogP contribution in [0.25, 0.3) is 16.7 Å². The van der Waals surface area contributed by atoms with Crippen molar-refractivity contribution in [1.29, 1.82) is 0 Å². The Morgan fingerprint density at radius 1 is 1.00 bits per heavy atom. The first-order valence-electron chi connectivity index (χ1n) is 7.99. The second kappa shape index (κ2) is 6.97. The summed E-state index contributed by atoms with van der Waals surface area (Å²) in [6.45, 7) is 0. The van der Waals surface area contributed by atoms with Crippen molar-refractivity contribution in [3.05, 3.63) is 78.8 Å². The molecule has 0 radical (unpaired) electrons. The summed E-state index contributed by atoms with van der Waals surface area (Å²) in [6, 6.07) is 19.2. The van der Waals surface area contributed by atoms with Gasteiger partial charge in [-0.2, -0.15) is 5.10 Å². The van der Waals surface area contributed by atoms with Gasteiger partial charge in [-0.25, -0.2) is 14.6 Å². The summed E-state index contributed by atoms with van der Waals surface area (Å²) >= 11 is 1.31. The van der Waals surface area contributed by atoms with Crippen LogP contribution in [0.2, 0.25) is 0 Å². The summed E-state index contributed by atoms with van der Waals surface area (Å²) in [5.74, 6) is -0.414. The van der Waals surface area contributed by atoms with Gasteiger partial charge in [-0.15, -0.1) is 0 Å². The van der Waals surface area contributed by atoms with E-state index in [2.05, 4.69) is 15.1 Å². The van der Waals surface area contributed by atoms with E-state index in [4.69, 9.17) is 5.73 Å². The van der Waals surface area contributed by atoms with Crippen LogP contribution in [0.3, 0.4) is 0 Å².